The Morgan fingerprint density at radius 3 is 2.65 bits per heavy atom. The van der Waals surface area contributed by atoms with Gasteiger partial charge in [-0.15, -0.1) is 24.0 Å². The van der Waals surface area contributed by atoms with Gasteiger partial charge in [-0.25, -0.2) is 0 Å². The van der Waals surface area contributed by atoms with Crippen molar-refractivity contribution in [1.82, 2.24) is 10.6 Å². The Kier molecular flexibility index (Phi) is 9.13. The summed E-state index contributed by atoms with van der Waals surface area (Å²) >= 11 is 0. The molecule has 0 aromatic heterocycles. The lowest BCUT2D eigenvalue weighted by Gasteiger charge is -2.12. The average molecular weight is 433 g/mol. The van der Waals surface area contributed by atoms with E-state index in [0.717, 1.165) is 42.9 Å². The predicted molar refractivity (Wildman–Crippen MR) is 105 cm³/mol. The molecule has 6 heteroatoms. The van der Waals surface area contributed by atoms with Crippen LogP contribution in [0.3, 0.4) is 0 Å². The maximum Gasteiger partial charge on any atom is 0.231 e. The molecule has 0 amide bonds. The largest absolute Gasteiger partial charge is 0.454 e. The zero-order valence-electron chi connectivity index (χ0n) is 14.2. The summed E-state index contributed by atoms with van der Waals surface area (Å²) in [6.07, 6.45) is 3.32. The minimum absolute atomic E-state index is 0. The van der Waals surface area contributed by atoms with Gasteiger partial charge in [0.1, 0.15) is 0 Å². The van der Waals surface area contributed by atoms with Crippen molar-refractivity contribution in [2.45, 2.75) is 33.1 Å². The quantitative estimate of drug-likeness (QED) is 0.300. The van der Waals surface area contributed by atoms with Crippen LogP contribution >= 0.6 is 24.0 Å². The van der Waals surface area contributed by atoms with Gasteiger partial charge in [-0.2, -0.15) is 0 Å². The van der Waals surface area contributed by atoms with E-state index >= 15 is 0 Å². The number of guanidine groups is 1. The summed E-state index contributed by atoms with van der Waals surface area (Å²) in [5.74, 6) is 3.29. The molecule has 0 spiro atoms. The zero-order chi connectivity index (χ0) is 15.8. The number of benzene rings is 1. The molecule has 0 aliphatic carbocycles. The SMILES string of the molecule is CN=C(NCCCC(C)C)NCCc1ccc2c(c1)OCO2.I. The number of rotatable bonds is 7. The fraction of sp³-hybridized carbons (Fsp3) is 0.588. The van der Waals surface area contributed by atoms with E-state index in [9.17, 15) is 0 Å². The Morgan fingerprint density at radius 2 is 1.91 bits per heavy atom. The van der Waals surface area contributed by atoms with Gasteiger partial charge < -0.3 is 20.1 Å². The Bertz CT molecular complexity index is 507. The number of fused-ring (bicyclic) bond motifs is 1. The van der Waals surface area contributed by atoms with E-state index in [0.29, 0.717) is 6.79 Å². The molecule has 2 rings (SSSR count). The molecular weight excluding hydrogens is 405 g/mol. The molecule has 23 heavy (non-hydrogen) atoms. The lowest BCUT2D eigenvalue weighted by molar-refractivity contribution is 0.174. The highest BCUT2D eigenvalue weighted by Gasteiger charge is 2.12. The van der Waals surface area contributed by atoms with Gasteiger partial charge in [0.2, 0.25) is 6.79 Å². The summed E-state index contributed by atoms with van der Waals surface area (Å²) in [6, 6.07) is 6.09. The Morgan fingerprint density at radius 1 is 1.17 bits per heavy atom. The molecule has 0 bridgehead atoms. The van der Waals surface area contributed by atoms with Crippen molar-refractivity contribution >= 4 is 29.9 Å². The lowest BCUT2D eigenvalue weighted by atomic mass is 10.1. The summed E-state index contributed by atoms with van der Waals surface area (Å²) in [7, 11) is 1.80. The third-order valence-corrected chi connectivity index (χ3v) is 3.62. The van der Waals surface area contributed by atoms with Crippen molar-refractivity contribution in [3.8, 4) is 11.5 Å². The van der Waals surface area contributed by atoms with Crippen molar-refractivity contribution in [2.75, 3.05) is 26.9 Å². The molecule has 2 N–H and O–H groups in total. The van der Waals surface area contributed by atoms with Gasteiger partial charge in [-0.1, -0.05) is 19.9 Å². The lowest BCUT2D eigenvalue weighted by Crippen LogP contribution is -2.38. The molecule has 0 fully saturated rings. The topological polar surface area (TPSA) is 54.9 Å². The van der Waals surface area contributed by atoms with E-state index in [2.05, 4.69) is 35.5 Å². The van der Waals surface area contributed by atoms with Crippen molar-refractivity contribution in [3.05, 3.63) is 23.8 Å². The Balaban J connectivity index is 0.00000264. The first kappa shape index (κ1) is 19.9. The Hall–Kier alpha value is -1.18. The highest BCUT2D eigenvalue weighted by atomic mass is 127. The third kappa shape index (κ3) is 6.85. The summed E-state index contributed by atoms with van der Waals surface area (Å²) in [6.45, 7) is 6.62. The van der Waals surface area contributed by atoms with Gasteiger partial charge in [0, 0.05) is 20.1 Å². The molecule has 1 aromatic rings. The van der Waals surface area contributed by atoms with Crippen LogP contribution in [0.2, 0.25) is 0 Å². The highest BCUT2D eigenvalue weighted by Crippen LogP contribution is 2.32. The summed E-state index contributed by atoms with van der Waals surface area (Å²) in [5.41, 5.74) is 1.23. The van der Waals surface area contributed by atoms with E-state index in [-0.39, 0.29) is 24.0 Å². The van der Waals surface area contributed by atoms with Crippen LogP contribution in [-0.4, -0.2) is 32.9 Å². The standard InChI is InChI=1S/C17H27N3O2.HI/c1-13(2)5-4-9-19-17(18-3)20-10-8-14-6-7-15-16(11-14)22-12-21-15;/h6-7,11,13H,4-5,8-10,12H2,1-3H3,(H2,18,19,20);1H. The molecule has 1 heterocycles. The van der Waals surface area contributed by atoms with E-state index in [1.54, 1.807) is 7.05 Å². The fourth-order valence-electron chi connectivity index (χ4n) is 2.36. The minimum atomic E-state index is 0. The maximum atomic E-state index is 5.39. The number of ether oxygens (including phenoxy) is 2. The van der Waals surface area contributed by atoms with Crippen LogP contribution < -0.4 is 20.1 Å². The van der Waals surface area contributed by atoms with Crippen LogP contribution in [0.5, 0.6) is 11.5 Å². The number of hydrogen-bond acceptors (Lipinski definition) is 3. The molecule has 0 radical (unpaired) electrons. The third-order valence-electron chi connectivity index (χ3n) is 3.62. The molecule has 0 unspecified atom stereocenters. The molecule has 130 valence electrons. The van der Waals surface area contributed by atoms with Gasteiger partial charge in [-0.05, 0) is 42.9 Å². The number of aliphatic imine (C=N–C) groups is 1. The normalized spacial score (nSPS) is 13.0. The van der Waals surface area contributed by atoms with E-state index in [4.69, 9.17) is 9.47 Å². The second-order valence-electron chi connectivity index (χ2n) is 5.90. The summed E-state index contributed by atoms with van der Waals surface area (Å²) < 4.78 is 10.7. The summed E-state index contributed by atoms with van der Waals surface area (Å²) in [4.78, 5) is 4.24. The smallest absolute Gasteiger partial charge is 0.231 e. The van der Waals surface area contributed by atoms with Crippen LogP contribution in [-0.2, 0) is 6.42 Å². The van der Waals surface area contributed by atoms with Gasteiger partial charge in [0.25, 0.3) is 0 Å². The first-order valence-corrected chi connectivity index (χ1v) is 8.02. The van der Waals surface area contributed by atoms with Crippen molar-refractivity contribution in [2.24, 2.45) is 10.9 Å². The second-order valence-corrected chi connectivity index (χ2v) is 5.90. The van der Waals surface area contributed by atoms with E-state index in [1.165, 1.54) is 18.4 Å². The predicted octanol–water partition coefficient (Wildman–Crippen LogP) is 3.18. The summed E-state index contributed by atoms with van der Waals surface area (Å²) in [5, 5.41) is 6.69. The van der Waals surface area contributed by atoms with Crippen LogP contribution in [0.15, 0.2) is 23.2 Å². The number of nitrogens with zero attached hydrogens (tertiary/aromatic N) is 1. The molecule has 1 aliphatic rings. The molecule has 5 nitrogen and oxygen atoms in total. The molecule has 1 aliphatic heterocycles. The van der Waals surface area contributed by atoms with Crippen molar-refractivity contribution in [3.63, 3.8) is 0 Å². The first-order chi connectivity index (χ1) is 10.7. The molecule has 0 atom stereocenters. The first-order valence-electron chi connectivity index (χ1n) is 8.02. The second kappa shape index (κ2) is 10.6. The zero-order valence-corrected chi connectivity index (χ0v) is 16.6. The molecular formula is C17H28IN3O2. The van der Waals surface area contributed by atoms with Gasteiger partial charge in [0.15, 0.2) is 17.5 Å². The molecule has 0 saturated heterocycles. The van der Waals surface area contributed by atoms with E-state index in [1.807, 2.05) is 12.1 Å². The molecule has 1 aromatic carbocycles. The fourth-order valence-corrected chi connectivity index (χ4v) is 2.36. The monoisotopic (exact) mass is 433 g/mol. The van der Waals surface area contributed by atoms with Crippen LogP contribution in [0.4, 0.5) is 0 Å². The van der Waals surface area contributed by atoms with Crippen molar-refractivity contribution < 1.29 is 9.47 Å². The van der Waals surface area contributed by atoms with Crippen molar-refractivity contribution in [1.29, 1.82) is 0 Å². The number of nitrogens with one attached hydrogen (secondary N) is 2. The van der Waals surface area contributed by atoms with Crippen LogP contribution in [0.25, 0.3) is 0 Å². The maximum absolute atomic E-state index is 5.39. The highest BCUT2D eigenvalue weighted by molar-refractivity contribution is 14.0. The van der Waals surface area contributed by atoms with Crippen LogP contribution in [0, 0.1) is 5.92 Å². The number of halogens is 1. The number of hydrogen-bond donors (Lipinski definition) is 2. The minimum Gasteiger partial charge on any atom is -0.454 e. The van der Waals surface area contributed by atoms with Crippen LogP contribution in [0.1, 0.15) is 32.3 Å². The van der Waals surface area contributed by atoms with Gasteiger partial charge >= 0.3 is 0 Å². The van der Waals surface area contributed by atoms with Gasteiger partial charge in [-0.3, -0.25) is 4.99 Å². The Labute approximate surface area is 156 Å². The molecule has 0 saturated carbocycles. The van der Waals surface area contributed by atoms with E-state index < -0.39 is 0 Å². The van der Waals surface area contributed by atoms with Gasteiger partial charge in [0.05, 0.1) is 0 Å². The average Bonchev–Trinajstić information content (AvgIpc) is 2.97.